The number of urea groups is 1. The lowest BCUT2D eigenvalue weighted by molar-refractivity contribution is -0.123. The fraction of sp³-hybridized carbons (Fsp3) is 0.350. The maximum Gasteiger partial charge on any atom is 0.405 e. The summed E-state index contributed by atoms with van der Waals surface area (Å²) in [6.45, 7) is -0.256. The van der Waals surface area contributed by atoms with Gasteiger partial charge in [-0.15, -0.1) is 0 Å². The summed E-state index contributed by atoms with van der Waals surface area (Å²) >= 11 is 0. The summed E-state index contributed by atoms with van der Waals surface area (Å²) in [5.41, 5.74) is 0.696. The summed E-state index contributed by atoms with van der Waals surface area (Å²) in [4.78, 5) is 48.6. The van der Waals surface area contributed by atoms with E-state index in [0.29, 0.717) is 30.8 Å². The van der Waals surface area contributed by atoms with Gasteiger partial charge in [-0.05, 0) is 30.7 Å². The van der Waals surface area contributed by atoms with Crippen LogP contribution in [0.3, 0.4) is 0 Å². The average molecular weight is 463 g/mol. The molecule has 174 valence electrons. The van der Waals surface area contributed by atoms with E-state index in [-0.39, 0.29) is 29.3 Å². The van der Waals surface area contributed by atoms with E-state index < -0.39 is 24.7 Å². The first-order valence-electron chi connectivity index (χ1n) is 10.1. The minimum atomic E-state index is -4.55. The maximum atomic E-state index is 13.1. The smallest absolute Gasteiger partial charge is 0.366 e. The molecule has 0 aliphatic carbocycles. The first-order valence-corrected chi connectivity index (χ1v) is 10.1. The Morgan fingerprint density at radius 2 is 1.94 bits per heavy atom. The van der Waals surface area contributed by atoms with E-state index in [0.717, 1.165) is 0 Å². The van der Waals surface area contributed by atoms with Gasteiger partial charge in [-0.1, -0.05) is 0 Å². The number of nitrogens with one attached hydrogen (secondary N) is 3. The van der Waals surface area contributed by atoms with E-state index in [4.69, 9.17) is 0 Å². The number of rotatable bonds is 4. The zero-order chi connectivity index (χ0) is 23.8. The van der Waals surface area contributed by atoms with Crippen LogP contribution >= 0.6 is 0 Å². The number of anilines is 3. The molecule has 1 fully saturated rings. The molecule has 1 saturated heterocycles. The van der Waals surface area contributed by atoms with Crippen LogP contribution in [0.15, 0.2) is 30.5 Å². The quantitative estimate of drug-likeness (QED) is 0.636. The summed E-state index contributed by atoms with van der Waals surface area (Å²) < 4.78 is 37.3. The van der Waals surface area contributed by atoms with Gasteiger partial charge in [-0.3, -0.25) is 19.8 Å². The molecule has 33 heavy (non-hydrogen) atoms. The molecule has 0 radical (unpaired) electrons. The van der Waals surface area contributed by atoms with Crippen molar-refractivity contribution in [3.63, 3.8) is 0 Å². The van der Waals surface area contributed by atoms with Gasteiger partial charge < -0.3 is 15.5 Å². The van der Waals surface area contributed by atoms with Gasteiger partial charge in [-0.25, -0.2) is 14.8 Å². The van der Waals surface area contributed by atoms with Crippen molar-refractivity contribution in [3.8, 4) is 0 Å². The molecule has 13 heteroatoms. The van der Waals surface area contributed by atoms with Crippen LogP contribution in [0.2, 0.25) is 0 Å². The molecule has 4 amide bonds. The van der Waals surface area contributed by atoms with Gasteiger partial charge in [0.15, 0.2) is 5.82 Å². The van der Waals surface area contributed by atoms with Crippen LogP contribution in [-0.4, -0.2) is 66.7 Å². The third kappa shape index (κ3) is 4.66. The van der Waals surface area contributed by atoms with Crippen molar-refractivity contribution in [1.29, 1.82) is 0 Å². The Morgan fingerprint density at radius 1 is 1.15 bits per heavy atom. The molecule has 1 unspecified atom stereocenters. The molecule has 4 rings (SSSR count). The summed E-state index contributed by atoms with van der Waals surface area (Å²) in [5.74, 6) is -0.927. The van der Waals surface area contributed by atoms with Crippen molar-refractivity contribution in [1.82, 2.24) is 20.6 Å². The number of fused-ring (bicyclic) bond motifs is 4. The molecule has 2 aromatic heterocycles. The van der Waals surface area contributed by atoms with Crippen LogP contribution in [0, 0.1) is 0 Å². The average Bonchev–Trinajstić information content (AvgIpc) is 3.20. The number of carbonyl (C=O) groups is 3. The van der Waals surface area contributed by atoms with Gasteiger partial charge in [0, 0.05) is 26.3 Å². The molecule has 2 aliphatic heterocycles. The summed E-state index contributed by atoms with van der Waals surface area (Å²) in [7, 11) is 1.49. The van der Waals surface area contributed by atoms with E-state index >= 15 is 0 Å². The molecule has 4 heterocycles. The highest BCUT2D eigenvalue weighted by atomic mass is 19.4. The lowest BCUT2D eigenvalue weighted by Crippen LogP contribution is -2.48. The number of pyridine rings is 2. The molecule has 0 aromatic carbocycles. The van der Waals surface area contributed by atoms with E-state index in [9.17, 15) is 27.6 Å². The second-order valence-electron chi connectivity index (χ2n) is 7.54. The molecular formula is C20H20F3N7O3. The van der Waals surface area contributed by atoms with E-state index in [1.54, 1.807) is 11.4 Å². The third-order valence-electron chi connectivity index (χ3n) is 5.34. The van der Waals surface area contributed by atoms with Crippen LogP contribution in [0.1, 0.15) is 27.3 Å². The maximum absolute atomic E-state index is 13.1. The van der Waals surface area contributed by atoms with Crippen molar-refractivity contribution < 1.29 is 27.6 Å². The third-order valence-corrected chi connectivity index (χ3v) is 5.34. The van der Waals surface area contributed by atoms with Crippen molar-refractivity contribution >= 4 is 35.2 Å². The minimum absolute atomic E-state index is 0.183. The van der Waals surface area contributed by atoms with Gasteiger partial charge in [0.1, 0.15) is 18.1 Å². The van der Waals surface area contributed by atoms with E-state index in [1.165, 1.54) is 36.3 Å². The fourth-order valence-corrected chi connectivity index (χ4v) is 3.79. The Kier molecular flexibility index (Phi) is 5.78. The Labute approximate surface area is 186 Å². The lowest BCUT2D eigenvalue weighted by atomic mass is 10.1. The molecule has 0 spiro atoms. The van der Waals surface area contributed by atoms with Crippen LogP contribution in [0.5, 0.6) is 0 Å². The normalized spacial score (nSPS) is 16.8. The molecule has 1 atom stereocenters. The van der Waals surface area contributed by atoms with E-state index in [2.05, 4.69) is 20.6 Å². The Hall–Kier alpha value is -3.90. The van der Waals surface area contributed by atoms with E-state index in [1.807, 2.05) is 4.90 Å². The number of hydrogen-bond donors (Lipinski definition) is 3. The number of alkyl halides is 3. The molecule has 3 N–H and O–H groups in total. The lowest BCUT2D eigenvalue weighted by Gasteiger charge is -2.35. The summed E-state index contributed by atoms with van der Waals surface area (Å²) in [6, 6.07) is 5.10. The van der Waals surface area contributed by atoms with Gasteiger partial charge in [0.25, 0.3) is 11.8 Å². The standard InChI is InChI=1S/C20H20F3N7O3/c1-24-17(31)11-2-5-15(25-8-11)28-19(33)30-12-6-7-29(9-12)14-4-3-13(27-16(14)30)18(32)26-10-20(21,22)23/h2-5,8,12H,6-7,9-10H2,1H3,(H,24,31)(H,26,32)(H,25,28,33). The largest absolute Gasteiger partial charge is 0.405 e. The molecule has 2 aromatic rings. The van der Waals surface area contributed by atoms with Crippen LogP contribution in [0.25, 0.3) is 0 Å². The number of carbonyl (C=O) groups excluding carboxylic acids is 3. The molecule has 10 nitrogen and oxygen atoms in total. The number of halogens is 3. The Morgan fingerprint density at radius 3 is 2.61 bits per heavy atom. The predicted octanol–water partition coefficient (Wildman–Crippen LogP) is 1.76. The second-order valence-corrected chi connectivity index (χ2v) is 7.54. The summed E-state index contributed by atoms with van der Waals surface area (Å²) in [5, 5.41) is 6.91. The highest BCUT2D eigenvalue weighted by Crippen LogP contribution is 2.39. The van der Waals surface area contributed by atoms with Crippen LogP contribution in [0.4, 0.5) is 35.3 Å². The zero-order valence-electron chi connectivity index (χ0n) is 17.4. The first-order chi connectivity index (χ1) is 15.7. The zero-order valence-corrected chi connectivity index (χ0v) is 17.4. The number of amides is 4. The van der Waals surface area contributed by atoms with Crippen molar-refractivity contribution in [2.24, 2.45) is 0 Å². The number of aromatic nitrogens is 2. The number of hydrogen-bond acceptors (Lipinski definition) is 6. The first kappa shape index (κ1) is 22.3. The van der Waals surface area contributed by atoms with Crippen molar-refractivity contribution in [2.75, 3.05) is 41.8 Å². The monoisotopic (exact) mass is 463 g/mol. The highest BCUT2D eigenvalue weighted by Gasteiger charge is 2.40. The van der Waals surface area contributed by atoms with Crippen LogP contribution < -0.4 is 25.8 Å². The predicted molar refractivity (Wildman–Crippen MR) is 112 cm³/mol. The van der Waals surface area contributed by atoms with Gasteiger partial charge in [-0.2, -0.15) is 13.2 Å². The Balaban J connectivity index is 1.57. The van der Waals surface area contributed by atoms with Gasteiger partial charge in [0.05, 0.1) is 17.3 Å². The minimum Gasteiger partial charge on any atom is -0.366 e. The summed E-state index contributed by atoms with van der Waals surface area (Å²) in [6.07, 6.45) is -2.58. The van der Waals surface area contributed by atoms with Crippen molar-refractivity contribution in [2.45, 2.75) is 18.6 Å². The van der Waals surface area contributed by atoms with Crippen molar-refractivity contribution in [3.05, 3.63) is 41.7 Å². The SMILES string of the molecule is CNC(=O)c1ccc(NC(=O)N2c3nc(C(=O)NCC(F)(F)F)ccc3N3CCC2C3)nc1. The van der Waals surface area contributed by atoms with Crippen LogP contribution in [-0.2, 0) is 0 Å². The van der Waals surface area contributed by atoms with Gasteiger partial charge in [0.2, 0.25) is 0 Å². The second kappa shape index (κ2) is 8.56. The molecule has 0 saturated carbocycles. The topological polar surface area (TPSA) is 120 Å². The Bertz CT molecular complexity index is 1090. The fourth-order valence-electron chi connectivity index (χ4n) is 3.79. The molecule has 2 aliphatic rings. The van der Waals surface area contributed by atoms with Gasteiger partial charge >= 0.3 is 12.2 Å². The highest BCUT2D eigenvalue weighted by molar-refractivity contribution is 6.05. The number of nitrogens with zero attached hydrogens (tertiary/aromatic N) is 4. The molecular weight excluding hydrogens is 443 g/mol. The molecule has 2 bridgehead atoms.